The fraction of sp³-hybridized carbons (Fsp3) is 0.625. The Bertz CT molecular complexity index is 456. The summed E-state index contributed by atoms with van der Waals surface area (Å²) in [4.78, 5) is 2.42. The smallest absolute Gasteiger partial charge is 0.137 e. The third-order valence-corrected chi connectivity index (χ3v) is 4.43. The first kappa shape index (κ1) is 16.6. The Morgan fingerprint density at radius 1 is 1.33 bits per heavy atom. The number of nitrogens with zero attached hydrogens (tertiary/aromatic N) is 1. The zero-order valence-electron chi connectivity index (χ0n) is 12.8. The van der Waals surface area contributed by atoms with Crippen molar-refractivity contribution >= 4 is 11.6 Å². The number of rotatable bonds is 5. The molecule has 5 heteroatoms. The van der Waals surface area contributed by atoms with E-state index in [0.29, 0.717) is 17.4 Å². The average Bonchev–Trinajstić information content (AvgIpc) is 2.66. The first-order chi connectivity index (χ1) is 10.2. The van der Waals surface area contributed by atoms with Gasteiger partial charge >= 0.3 is 0 Å². The molecule has 1 fully saturated rings. The number of hydrogen-bond donors (Lipinski definition) is 1. The Labute approximate surface area is 132 Å². The van der Waals surface area contributed by atoms with E-state index in [9.17, 15) is 0 Å². The molecule has 0 aliphatic carbocycles. The van der Waals surface area contributed by atoms with Crippen LogP contribution in [0.3, 0.4) is 0 Å². The summed E-state index contributed by atoms with van der Waals surface area (Å²) in [6.45, 7) is 2.65. The number of benzene rings is 1. The van der Waals surface area contributed by atoms with Crippen LogP contribution in [-0.4, -0.2) is 44.9 Å². The molecule has 0 spiro atoms. The first-order valence-corrected chi connectivity index (χ1v) is 7.87. The van der Waals surface area contributed by atoms with Gasteiger partial charge in [0.05, 0.1) is 24.8 Å². The van der Waals surface area contributed by atoms with Gasteiger partial charge in [0, 0.05) is 19.7 Å². The molecule has 2 rings (SSSR count). The molecule has 0 bridgehead atoms. The number of halogens is 1. The summed E-state index contributed by atoms with van der Waals surface area (Å²) in [5.74, 6) is 0.700. The van der Waals surface area contributed by atoms with Crippen LogP contribution in [0.1, 0.15) is 30.9 Å². The fourth-order valence-corrected chi connectivity index (χ4v) is 3.31. The molecule has 1 aliphatic rings. The number of hydrogen-bond acceptors (Lipinski definition) is 4. The highest BCUT2D eigenvalue weighted by Crippen LogP contribution is 2.33. The van der Waals surface area contributed by atoms with Crippen LogP contribution in [0.25, 0.3) is 0 Å². The first-order valence-electron chi connectivity index (χ1n) is 7.49. The molecule has 0 saturated carbocycles. The van der Waals surface area contributed by atoms with E-state index in [1.807, 2.05) is 12.1 Å². The minimum atomic E-state index is 0.119. The van der Waals surface area contributed by atoms with Crippen LogP contribution in [0.2, 0.25) is 5.02 Å². The molecule has 0 aromatic heterocycles. The second-order valence-corrected chi connectivity index (χ2v) is 5.93. The van der Waals surface area contributed by atoms with E-state index in [-0.39, 0.29) is 12.1 Å². The Morgan fingerprint density at radius 2 is 2.14 bits per heavy atom. The molecule has 0 amide bonds. The third kappa shape index (κ3) is 4.10. The van der Waals surface area contributed by atoms with Crippen molar-refractivity contribution in [3.8, 4) is 5.75 Å². The molecule has 1 aliphatic heterocycles. The number of ether oxygens (including phenoxy) is 2. The summed E-state index contributed by atoms with van der Waals surface area (Å²) in [6.07, 6.45) is 3.39. The van der Waals surface area contributed by atoms with Crippen molar-refractivity contribution in [2.24, 2.45) is 5.73 Å². The van der Waals surface area contributed by atoms with Crippen molar-refractivity contribution in [2.75, 3.05) is 33.9 Å². The lowest BCUT2D eigenvalue weighted by Gasteiger charge is -2.33. The fourth-order valence-electron chi connectivity index (χ4n) is 3.05. The molecule has 2 N–H and O–H groups in total. The van der Waals surface area contributed by atoms with Gasteiger partial charge in [0.2, 0.25) is 0 Å². The van der Waals surface area contributed by atoms with Crippen molar-refractivity contribution in [1.82, 2.24) is 4.90 Å². The number of likely N-dealkylation sites (tertiary alicyclic amines) is 1. The van der Waals surface area contributed by atoms with E-state index in [1.54, 1.807) is 14.2 Å². The number of methoxy groups -OCH3 is 2. The molecule has 2 atom stereocenters. The standard InChI is InChI=1S/C16H25ClN2O2/c1-20-10-9-19-8-4-3-5-14(18)16(19)12-6-7-15(21-2)13(17)11-12/h6-7,11,14,16H,3-5,8-10,18H2,1-2H3. The Hall–Kier alpha value is -0.810. The third-order valence-electron chi connectivity index (χ3n) is 4.13. The second-order valence-electron chi connectivity index (χ2n) is 5.53. The van der Waals surface area contributed by atoms with Crippen LogP contribution in [0.4, 0.5) is 0 Å². The van der Waals surface area contributed by atoms with Gasteiger partial charge in [-0.1, -0.05) is 24.1 Å². The van der Waals surface area contributed by atoms with Gasteiger partial charge in [-0.2, -0.15) is 0 Å². The van der Waals surface area contributed by atoms with Gasteiger partial charge in [-0.15, -0.1) is 0 Å². The van der Waals surface area contributed by atoms with Crippen LogP contribution in [-0.2, 0) is 4.74 Å². The van der Waals surface area contributed by atoms with Gasteiger partial charge in [-0.25, -0.2) is 0 Å². The van der Waals surface area contributed by atoms with E-state index >= 15 is 0 Å². The molecule has 0 radical (unpaired) electrons. The zero-order chi connectivity index (χ0) is 15.2. The lowest BCUT2D eigenvalue weighted by atomic mass is 9.96. The summed E-state index contributed by atoms with van der Waals surface area (Å²) in [6, 6.07) is 6.28. The maximum absolute atomic E-state index is 6.44. The Morgan fingerprint density at radius 3 is 2.81 bits per heavy atom. The summed E-state index contributed by atoms with van der Waals surface area (Å²) in [5, 5.41) is 0.637. The van der Waals surface area contributed by atoms with Crippen LogP contribution < -0.4 is 10.5 Å². The molecule has 1 aromatic carbocycles. The SMILES string of the molecule is COCCN1CCCCC(N)C1c1ccc(OC)c(Cl)c1. The van der Waals surface area contributed by atoms with E-state index in [4.69, 9.17) is 26.8 Å². The van der Waals surface area contributed by atoms with Crippen molar-refractivity contribution in [3.05, 3.63) is 28.8 Å². The second kappa shape index (κ2) is 7.99. The van der Waals surface area contributed by atoms with Crippen molar-refractivity contribution in [1.29, 1.82) is 0 Å². The largest absolute Gasteiger partial charge is 0.495 e. The lowest BCUT2D eigenvalue weighted by molar-refractivity contribution is 0.115. The van der Waals surface area contributed by atoms with Gasteiger partial charge in [0.15, 0.2) is 0 Å². The maximum atomic E-state index is 6.44. The van der Waals surface area contributed by atoms with Crippen LogP contribution in [0, 0.1) is 0 Å². The summed E-state index contributed by atoms with van der Waals surface area (Å²) < 4.78 is 10.5. The molecule has 118 valence electrons. The zero-order valence-corrected chi connectivity index (χ0v) is 13.6. The minimum absolute atomic E-state index is 0.119. The van der Waals surface area contributed by atoms with E-state index in [1.165, 1.54) is 12.8 Å². The lowest BCUT2D eigenvalue weighted by Crippen LogP contribution is -2.41. The van der Waals surface area contributed by atoms with Gasteiger partial charge in [-0.3, -0.25) is 4.90 Å². The minimum Gasteiger partial charge on any atom is -0.495 e. The van der Waals surface area contributed by atoms with E-state index in [0.717, 1.165) is 25.1 Å². The van der Waals surface area contributed by atoms with Gasteiger partial charge in [0.25, 0.3) is 0 Å². The van der Waals surface area contributed by atoms with Crippen LogP contribution in [0.5, 0.6) is 5.75 Å². The predicted octanol–water partition coefficient (Wildman–Crippen LogP) is 2.85. The summed E-state index contributed by atoms with van der Waals surface area (Å²) in [7, 11) is 3.36. The molecular formula is C16H25ClN2O2. The average molecular weight is 313 g/mol. The monoisotopic (exact) mass is 312 g/mol. The molecule has 1 saturated heterocycles. The van der Waals surface area contributed by atoms with Crippen molar-refractivity contribution in [2.45, 2.75) is 31.3 Å². The summed E-state index contributed by atoms with van der Waals surface area (Å²) in [5.41, 5.74) is 7.60. The molecule has 1 heterocycles. The van der Waals surface area contributed by atoms with Crippen molar-refractivity contribution in [3.63, 3.8) is 0 Å². The predicted molar refractivity (Wildman–Crippen MR) is 86.0 cm³/mol. The molecular weight excluding hydrogens is 288 g/mol. The molecule has 1 aromatic rings. The Kier molecular flexibility index (Phi) is 6.30. The van der Waals surface area contributed by atoms with Gasteiger partial charge in [0.1, 0.15) is 5.75 Å². The highest BCUT2D eigenvalue weighted by molar-refractivity contribution is 6.32. The van der Waals surface area contributed by atoms with E-state index < -0.39 is 0 Å². The summed E-state index contributed by atoms with van der Waals surface area (Å²) >= 11 is 6.28. The molecule has 2 unspecified atom stereocenters. The van der Waals surface area contributed by atoms with Gasteiger partial charge < -0.3 is 15.2 Å². The normalized spacial score (nSPS) is 23.8. The van der Waals surface area contributed by atoms with Crippen LogP contribution in [0.15, 0.2) is 18.2 Å². The maximum Gasteiger partial charge on any atom is 0.137 e. The molecule has 4 nitrogen and oxygen atoms in total. The van der Waals surface area contributed by atoms with Crippen molar-refractivity contribution < 1.29 is 9.47 Å². The van der Waals surface area contributed by atoms with Gasteiger partial charge in [-0.05, 0) is 37.1 Å². The topological polar surface area (TPSA) is 47.7 Å². The molecule has 21 heavy (non-hydrogen) atoms. The van der Waals surface area contributed by atoms with Crippen LogP contribution >= 0.6 is 11.6 Å². The highest BCUT2D eigenvalue weighted by atomic mass is 35.5. The highest BCUT2D eigenvalue weighted by Gasteiger charge is 2.29. The number of nitrogens with two attached hydrogens (primary N) is 1. The quantitative estimate of drug-likeness (QED) is 0.908. The Balaban J connectivity index is 2.27. The van der Waals surface area contributed by atoms with E-state index in [2.05, 4.69) is 11.0 Å².